The summed E-state index contributed by atoms with van der Waals surface area (Å²) in [5.74, 6) is 0.375. The summed E-state index contributed by atoms with van der Waals surface area (Å²) in [5.41, 5.74) is 7.16. The van der Waals surface area contributed by atoms with Gasteiger partial charge in [0.25, 0.3) is 0 Å². The lowest BCUT2D eigenvalue weighted by molar-refractivity contribution is -0.0411. The standard InChI is InChI=1S/C15H22N6O2/c16-13-12-14(18-8-17-13)21(9-19-12)15-11(6-10(7-22)23-15)20-4-2-1-3-5-20/h8-11,15,22H,1-7H2,(H2,16,17,18)/t10-,11?,15+/m0/s1. The third kappa shape index (κ3) is 2.56. The predicted molar refractivity (Wildman–Crippen MR) is 84.6 cm³/mol. The first-order chi connectivity index (χ1) is 11.3. The van der Waals surface area contributed by atoms with Crippen molar-refractivity contribution in [1.82, 2.24) is 24.4 Å². The normalized spacial score (nSPS) is 29.3. The monoisotopic (exact) mass is 318 g/mol. The molecule has 2 fully saturated rings. The molecule has 0 amide bonds. The average molecular weight is 318 g/mol. The summed E-state index contributed by atoms with van der Waals surface area (Å²) in [6.45, 7) is 2.18. The second kappa shape index (κ2) is 6.03. The molecule has 2 saturated heterocycles. The molecule has 124 valence electrons. The maximum absolute atomic E-state index is 9.54. The van der Waals surface area contributed by atoms with Gasteiger partial charge in [-0.3, -0.25) is 9.47 Å². The fourth-order valence-corrected chi connectivity index (χ4v) is 3.73. The lowest BCUT2D eigenvalue weighted by Crippen LogP contribution is -2.42. The predicted octanol–water partition coefficient (Wildman–Crippen LogP) is 0.543. The zero-order valence-corrected chi connectivity index (χ0v) is 13.0. The number of aromatic nitrogens is 4. The van der Waals surface area contributed by atoms with Gasteiger partial charge in [0.2, 0.25) is 0 Å². The molecule has 0 radical (unpaired) electrons. The van der Waals surface area contributed by atoms with E-state index < -0.39 is 0 Å². The SMILES string of the molecule is Nc1ncnc2c1ncn2[C@@H]1O[C@H](CO)CC1N1CCCCC1. The molecule has 8 heteroatoms. The molecule has 4 rings (SSSR count). The van der Waals surface area contributed by atoms with E-state index in [9.17, 15) is 5.11 Å². The van der Waals surface area contributed by atoms with Crippen molar-refractivity contribution < 1.29 is 9.84 Å². The van der Waals surface area contributed by atoms with Gasteiger partial charge in [-0.1, -0.05) is 6.42 Å². The summed E-state index contributed by atoms with van der Waals surface area (Å²) in [6, 6.07) is 0.223. The fraction of sp³-hybridized carbons (Fsp3) is 0.667. The number of aliphatic hydroxyl groups is 1. The molecule has 2 aliphatic rings. The minimum absolute atomic E-state index is 0.0323. The highest BCUT2D eigenvalue weighted by Gasteiger charge is 2.40. The van der Waals surface area contributed by atoms with Gasteiger partial charge in [0, 0.05) is 0 Å². The van der Waals surface area contributed by atoms with Crippen LogP contribution in [-0.2, 0) is 4.74 Å². The number of hydrogen-bond acceptors (Lipinski definition) is 7. The Morgan fingerprint density at radius 3 is 2.83 bits per heavy atom. The number of nitrogen functional groups attached to an aromatic ring is 1. The Labute approximate surface area is 134 Å². The number of hydrogen-bond donors (Lipinski definition) is 2. The van der Waals surface area contributed by atoms with E-state index in [1.165, 1.54) is 25.6 Å². The number of anilines is 1. The summed E-state index contributed by atoms with van der Waals surface area (Å²) >= 11 is 0. The topological polar surface area (TPSA) is 102 Å². The van der Waals surface area contributed by atoms with Crippen LogP contribution >= 0.6 is 0 Å². The van der Waals surface area contributed by atoms with E-state index in [-0.39, 0.29) is 25.0 Å². The van der Waals surface area contributed by atoms with Crippen molar-refractivity contribution in [1.29, 1.82) is 0 Å². The third-order valence-electron chi connectivity index (χ3n) is 4.89. The van der Waals surface area contributed by atoms with Crippen molar-refractivity contribution in [3.63, 3.8) is 0 Å². The van der Waals surface area contributed by atoms with Crippen molar-refractivity contribution in [3.05, 3.63) is 12.7 Å². The Hall–Kier alpha value is -1.77. The first-order valence-corrected chi connectivity index (χ1v) is 8.21. The minimum Gasteiger partial charge on any atom is -0.394 e. The van der Waals surface area contributed by atoms with Crippen LogP contribution in [0.25, 0.3) is 11.2 Å². The van der Waals surface area contributed by atoms with E-state index >= 15 is 0 Å². The van der Waals surface area contributed by atoms with Crippen molar-refractivity contribution >= 4 is 17.0 Å². The van der Waals surface area contributed by atoms with Crippen LogP contribution in [0.2, 0.25) is 0 Å². The fourth-order valence-electron chi connectivity index (χ4n) is 3.73. The van der Waals surface area contributed by atoms with Crippen LogP contribution in [-0.4, -0.2) is 61.4 Å². The molecule has 0 bridgehead atoms. The van der Waals surface area contributed by atoms with E-state index in [2.05, 4.69) is 19.9 Å². The van der Waals surface area contributed by atoms with E-state index in [1.54, 1.807) is 6.33 Å². The highest BCUT2D eigenvalue weighted by atomic mass is 16.5. The number of aliphatic hydroxyl groups excluding tert-OH is 1. The molecule has 4 heterocycles. The minimum atomic E-state index is -0.204. The Morgan fingerprint density at radius 2 is 2.04 bits per heavy atom. The van der Waals surface area contributed by atoms with Crippen LogP contribution < -0.4 is 5.73 Å². The van der Waals surface area contributed by atoms with Crippen LogP contribution in [0, 0.1) is 0 Å². The summed E-state index contributed by atoms with van der Waals surface area (Å²) < 4.78 is 8.03. The molecule has 3 atom stereocenters. The molecule has 2 aromatic rings. The number of nitrogens with two attached hydrogens (primary N) is 1. The highest BCUT2D eigenvalue weighted by Crippen LogP contribution is 2.35. The van der Waals surface area contributed by atoms with Crippen LogP contribution in [0.5, 0.6) is 0 Å². The zero-order valence-electron chi connectivity index (χ0n) is 13.0. The van der Waals surface area contributed by atoms with Crippen molar-refractivity contribution in [2.45, 2.75) is 44.1 Å². The quantitative estimate of drug-likeness (QED) is 0.851. The average Bonchev–Trinajstić information content (AvgIpc) is 3.20. The molecular weight excluding hydrogens is 296 g/mol. The van der Waals surface area contributed by atoms with Gasteiger partial charge in [0.15, 0.2) is 17.7 Å². The van der Waals surface area contributed by atoms with Crippen molar-refractivity contribution in [3.8, 4) is 0 Å². The molecule has 0 saturated carbocycles. The molecule has 0 aliphatic carbocycles. The molecular formula is C15H22N6O2. The first kappa shape index (κ1) is 14.8. The molecule has 8 nitrogen and oxygen atoms in total. The van der Waals surface area contributed by atoms with E-state index in [0.29, 0.717) is 17.0 Å². The highest BCUT2D eigenvalue weighted by molar-refractivity contribution is 5.81. The maximum atomic E-state index is 9.54. The maximum Gasteiger partial charge on any atom is 0.167 e. The van der Waals surface area contributed by atoms with E-state index in [1.807, 2.05) is 4.57 Å². The Balaban J connectivity index is 1.70. The molecule has 2 aliphatic heterocycles. The number of piperidine rings is 1. The number of ether oxygens (including phenoxy) is 1. The largest absolute Gasteiger partial charge is 0.394 e. The van der Waals surface area contributed by atoms with Gasteiger partial charge in [-0.05, 0) is 32.4 Å². The van der Waals surface area contributed by atoms with Gasteiger partial charge in [0.1, 0.15) is 11.8 Å². The van der Waals surface area contributed by atoms with Crippen molar-refractivity contribution in [2.24, 2.45) is 0 Å². The molecule has 0 spiro atoms. The van der Waals surface area contributed by atoms with E-state index in [0.717, 1.165) is 19.5 Å². The van der Waals surface area contributed by atoms with Crippen molar-refractivity contribution in [2.75, 3.05) is 25.4 Å². The van der Waals surface area contributed by atoms with Gasteiger partial charge in [-0.15, -0.1) is 0 Å². The van der Waals surface area contributed by atoms with Gasteiger partial charge in [-0.2, -0.15) is 0 Å². The summed E-state index contributed by atoms with van der Waals surface area (Å²) in [6.07, 6.45) is 7.35. The van der Waals surface area contributed by atoms with Gasteiger partial charge in [-0.25, -0.2) is 15.0 Å². The third-order valence-corrected chi connectivity index (χ3v) is 4.89. The molecule has 3 N–H and O–H groups in total. The molecule has 1 unspecified atom stereocenters. The smallest absolute Gasteiger partial charge is 0.167 e. The summed E-state index contributed by atoms with van der Waals surface area (Å²) in [7, 11) is 0. The second-order valence-electron chi connectivity index (χ2n) is 6.31. The van der Waals surface area contributed by atoms with Gasteiger partial charge in [0.05, 0.1) is 25.1 Å². The lowest BCUT2D eigenvalue weighted by Gasteiger charge is -2.34. The number of fused-ring (bicyclic) bond motifs is 1. The summed E-state index contributed by atoms with van der Waals surface area (Å²) in [4.78, 5) is 15.1. The lowest BCUT2D eigenvalue weighted by atomic mass is 10.0. The second-order valence-corrected chi connectivity index (χ2v) is 6.31. The first-order valence-electron chi connectivity index (χ1n) is 8.21. The Kier molecular flexibility index (Phi) is 3.88. The van der Waals surface area contributed by atoms with Gasteiger partial charge < -0.3 is 15.6 Å². The van der Waals surface area contributed by atoms with Crippen LogP contribution in [0.15, 0.2) is 12.7 Å². The number of imidazole rings is 1. The zero-order chi connectivity index (χ0) is 15.8. The molecule has 2 aromatic heterocycles. The molecule has 23 heavy (non-hydrogen) atoms. The van der Waals surface area contributed by atoms with Gasteiger partial charge >= 0.3 is 0 Å². The Bertz CT molecular complexity index is 684. The number of rotatable bonds is 3. The van der Waals surface area contributed by atoms with Crippen LogP contribution in [0.4, 0.5) is 5.82 Å². The molecule has 0 aromatic carbocycles. The number of likely N-dealkylation sites (tertiary alicyclic amines) is 1. The number of nitrogens with zero attached hydrogens (tertiary/aromatic N) is 5. The van der Waals surface area contributed by atoms with Crippen LogP contribution in [0.1, 0.15) is 31.9 Å². The Morgan fingerprint density at radius 1 is 1.22 bits per heavy atom. The summed E-state index contributed by atoms with van der Waals surface area (Å²) in [5, 5.41) is 9.54. The van der Waals surface area contributed by atoms with Crippen LogP contribution in [0.3, 0.4) is 0 Å². The van der Waals surface area contributed by atoms with E-state index in [4.69, 9.17) is 10.5 Å².